The molecule has 0 aliphatic heterocycles. The molecule has 1 aromatic carbocycles. The number of nitrogens with two attached hydrogens (primary N) is 1. The SMILES string of the molecule is CC(N)CCN(C)Cc1cn(C)c2ccccc12. The van der Waals surface area contributed by atoms with E-state index >= 15 is 0 Å². The lowest BCUT2D eigenvalue weighted by Crippen LogP contribution is -2.25. The van der Waals surface area contributed by atoms with Gasteiger partial charge in [0.2, 0.25) is 0 Å². The first-order valence-corrected chi connectivity index (χ1v) is 6.55. The molecule has 0 fully saturated rings. The first kappa shape index (κ1) is 13.1. The summed E-state index contributed by atoms with van der Waals surface area (Å²) in [7, 11) is 4.26. The molecule has 0 saturated carbocycles. The van der Waals surface area contributed by atoms with Crippen LogP contribution in [0.25, 0.3) is 10.9 Å². The molecule has 3 heteroatoms. The zero-order chi connectivity index (χ0) is 13.1. The lowest BCUT2D eigenvalue weighted by Gasteiger charge is -2.17. The van der Waals surface area contributed by atoms with Crippen LogP contribution >= 0.6 is 0 Å². The first-order valence-electron chi connectivity index (χ1n) is 6.55. The molecular formula is C15H23N3. The summed E-state index contributed by atoms with van der Waals surface area (Å²) < 4.78 is 2.20. The zero-order valence-corrected chi connectivity index (χ0v) is 11.6. The quantitative estimate of drug-likeness (QED) is 0.877. The fourth-order valence-corrected chi connectivity index (χ4v) is 2.35. The smallest absolute Gasteiger partial charge is 0.0481 e. The number of hydrogen-bond donors (Lipinski definition) is 1. The van der Waals surface area contributed by atoms with Gasteiger partial charge in [-0.05, 0) is 38.6 Å². The average Bonchev–Trinajstić information content (AvgIpc) is 2.65. The monoisotopic (exact) mass is 245 g/mol. The topological polar surface area (TPSA) is 34.2 Å². The molecule has 0 spiro atoms. The molecule has 2 N–H and O–H groups in total. The molecule has 0 aliphatic carbocycles. The largest absolute Gasteiger partial charge is 0.350 e. The number of hydrogen-bond acceptors (Lipinski definition) is 2. The Balaban J connectivity index is 2.12. The molecule has 0 amide bonds. The summed E-state index contributed by atoms with van der Waals surface area (Å²) >= 11 is 0. The lowest BCUT2D eigenvalue weighted by molar-refractivity contribution is 0.314. The molecule has 0 saturated heterocycles. The van der Waals surface area contributed by atoms with Crippen LogP contribution in [-0.4, -0.2) is 29.1 Å². The van der Waals surface area contributed by atoms with Gasteiger partial charge in [0.05, 0.1) is 0 Å². The van der Waals surface area contributed by atoms with Crippen molar-refractivity contribution in [2.24, 2.45) is 12.8 Å². The minimum Gasteiger partial charge on any atom is -0.350 e. The molecule has 2 aromatic rings. The highest BCUT2D eigenvalue weighted by Gasteiger charge is 2.08. The molecule has 1 heterocycles. The third-order valence-corrected chi connectivity index (χ3v) is 3.39. The van der Waals surface area contributed by atoms with Crippen LogP contribution in [0.3, 0.4) is 0 Å². The van der Waals surface area contributed by atoms with E-state index in [1.165, 1.54) is 16.5 Å². The molecule has 3 nitrogen and oxygen atoms in total. The average molecular weight is 245 g/mol. The minimum atomic E-state index is 0.278. The van der Waals surface area contributed by atoms with E-state index in [1.807, 2.05) is 0 Å². The van der Waals surface area contributed by atoms with Crippen LogP contribution in [0.1, 0.15) is 18.9 Å². The van der Waals surface area contributed by atoms with Crippen molar-refractivity contribution in [2.75, 3.05) is 13.6 Å². The summed E-state index contributed by atoms with van der Waals surface area (Å²) in [5.41, 5.74) is 8.49. The Kier molecular flexibility index (Phi) is 4.04. The molecule has 0 radical (unpaired) electrons. The second-order valence-electron chi connectivity index (χ2n) is 5.29. The van der Waals surface area contributed by atoms with Crippen molar-refractivity contribution < 1.29 is 0 Å². The molecule has 0 aliphatic rings. The molecular weight excluding hydrogens is 222 g/mol. The molecule has 0 bridgehead atoms. The summed E-state index contributed by atoms with van der Waals surface area (Å²) in [6.45, 7) is 4.08. The number of nitrogens with zero attached hydrogens (tertiary/aromatic N) is 2. The van der Waals surface area contributed by atoms with E-state index in [2.05, 4.69) is 60.9 Å². The third kappa shape index (κ3) is 2.92. The second-order valence-corrected chi connectivity index (χ2v) is 5.29. The van der Waals surface area contributed by atoms with E-state index in [0.29, 0.717) is 0 Å². The van der Waals surface area contributed by atoms with E-state index < -0.39 is 0 Å². The maximum atomic E-state index is 5.80. The highest BCUT2D eigenvalue weighted by molar-refractivity contribution is 5.83. The van der Waals surface area contributed by atoms with E-state index in [-0.39, 0.29) is 6.04 Å². The Hall–Kier alpha value is -1.32. The summed E-state index contributed by atoms with van der Waals surface area (Å²) in [5, 5.41) is 1.35. The molecule has 18 heavy (non-hydrogen) atoms. The number of aromatic nitrogens is 1. The Morgan fingerprint density at radius 1 is 1.33 bits per heavy atom. The Labute approximate surface area is 109 Å². The van der Waals surface area contributed by atoms with Gasteiger partial charge in [-0.25, -0.2) is 0 Å². The van der Waals surface area contributed by atoms with Gasteiger partial charge in [0, 0.05) is 36.7 Å². The lowest BCUT2D eigenvalue weighted by atomic mass is 10.1. The standard InChI is InChI=1S/C15H23N3/c1-12(16)8-9-17(2)10-13-11-18(3)15-7-5-4-6-14(13)15/h4-7,11-12H,8-10,16H2,1-3H3. The van der Waals surface area contributed by atoms with Crippen LogP contribution in [0.5, 0.6) is 0 Å². The van der Waals surface area contributed by atoms with Gasteiger partial charge in [0.1, 0.15) is 0 Å². The van der Waals surface area contributed by atoms with Crippen molar-refractivity contribution in [2.45, 2.75) is 25.9 Å². The van der Waals surface area contributed by atoms with Gasteiger partial charge in [0.25, 0.3) is 0 Å². The van der Waals surface area contributed by atoms with Crippen LogP contribution in [0.4, 0.5) is 0 Å². The Morgan fingerprint density at radius 3 is 2.78 bits per heavy atom. The van der Waals surface area contributed by atoms with E-state index in [1.54, 1.807) is 0 Å². The van der Waals surface area contributed by atoms with Gasteiger partial charge in [-0.2, -0.15) is 0 Å². The minimum absolute atomic E-state index is 0.278. The normalized spacial score (nSPS) is 13.4. The van der Waals surface area contributed by atoms with Crippen molar-refractivity contribution in [3.8, 4) is 0 Å². The number of rotatable bonds is 5. The van der Waals surface area contributed by atoms with Gasteiger partial charge in [0.15, 0.2) is 0 Å². The van der Waals surface area contributed by atoms with Gasteiger partial charge in [-0.1, -0.05) is 18.2 Å². The fraction of sp³-hybridized carbons (Fsp3) is 0.467. The highest BCUT2D eigenvalue weighted by atomic mass is 15.1. The third-order valence-electron chi connectivity index (χ3n) is 3.39. The predicted octanol–water partition coefficient (Wildman–Crippen LogP) is 2.35. The first-order chi connectivity index (χ1) is 8.58. The van der Waals surface area contributed by atoms with Crippen LogP contribution in [-0.2, 0) is 13.6 Å². The molecule has 1 unspecified atom stereocenters. The van der Waals surface area contributed by atoms with Crippen molar-refractivity contribution >= 4 is 10.9 Å². The maximum Gasteiger partial charge on any atom is 0.0481 e. The second kappa shape index (κ2) is 5.55. The van der Waals surface area contributed by atoms with Crippen LogP contribution in [0.2, 0.25) is 0 Å². The van der Waals surface area contributed by atoms with Gasteiger partial charge in [-0.3, -0.25) is 0 Å². The summed E-state index contributed by atoms with van der Waals surface area (Å²) in [6.07, 6.45) is 3.27. The molecule has 1 aromatic heterocycles. The van der Waals surface area contributed by atoms with Gasteiger partial charge in [-0.15, -0.1) is 0 Å². The number of para-hydroxylation sites is 1. The summed E-state index contributed by atoms with van der Waals surface area (Å²) in [5.74, 6) is 0. The molecule has 98 valence electrons. The highest BCUT2D eigenvalue weighted by Crippen LogP contribution is 2.21. The summed E-state index contributed by atoms with van der Waals surface area (Å²) in [6, 6.07) is 8.84. The van der Waals surface area contributed by atoms with Crippen LogP contribution < -0.4 is 5.73 Å². The van der Waals surface area contributed by atoms with E-state index in [9.17, 15) is 0 Å². The van der Waals surface area contributed by atoms with E-state index in [0.717, 1.165) is 19.5 Å². The van der Waals surface area contributed by atoms with E-state index in [4.69, 9.17) is 5.73 Å². The molecule has 2 rings (SSSR count). The Morgan fingerprint density at radius 2 is 2.06 bits per heavy atom. The van der Waals surface area contributed by atoms with Gasteiger partial charge >= 0.3 is 0 Å². The number of benzene rings is 1. The summed E-state index contributed by atoms with van der Waals surface area (Å²) in [4.78, 5) is 2.34. The van der Waals surface area contributed by atoms with Crippen molar-refractivity contribution in [3.63, 3.8) is 0 Å². The van der Waals surface area contributed by atoms with Crippen molar-refractivity contribution in [1.82, 2.24) is 9.47 Å². The number of aryl methyl sites for hydroxylation is 1. The van der Waals surface area contributed by atoms with Gasteiger partial charge < -0.3 is 15.2 Å². The number of fused-ring (bicyclic) bond motifs is 1. The Bertz CT molecular complexity index is 513. The van der Waals surface area contributed by atoms with Crippen LogP contribution in [0.15, 0.2) is 30.5 Å². The predicted molar refractivity (Wildman–Crippen MR) is 77.5 cm³/mol. The van der Waals surface area contributed by atoms with Crippen molar-refractivity contribution in [3.05, 3.63) is 36.0 Å². The van der Waals surface area contributed by atoms with Crippen molar-refractivity contribution in [1.29, 1.82) is 0 Å². The van der Waals surface area contributed by atoms with Crippen LogP contribution in [0, 0.1) is 0 Å². The maximum absolute atomic E-state index is 5.80. The fourth-order valence-electron chi connectivity index (χ4n) is 2.35. The zero-order valence-electron chi connectivity index (χ0n) is 11.6. The molecule has 1 atom stereocenters.